The molecule has 0 aliphatic carbocycles. The van der Waals surface area contributed by atoms with Crippen LogP contribution in [0.2, 0.25) is 0 Å². The molecule has 0 spiro atoms. The van der Waals surface area contributed by atoms with Crippen molar-refractivity contribution in [3.8, 4) is 6.07 Å². The SMILES string of the molecule is C[C@H](NCCCC#N)C(=O)O. The van der Waals surface area contributed by atoms with Crippen LogP contribution >= 0.6 is 0 Å². The zero-order chi connectivity index (χ0) is 8.69. The smallest absolute Gasteiger partial charge is 0.320 e. The largest absolute Gasteiger partial charge is 0.480 e. The Balaban J connectivity index is 3.26. The molecule has 0 saturated carbocycles. The average molecular weight is 156 g/mol. The normalized spacial score (nSPS) is 12.0. The van der Waals surface area contributed by atoms with E-state index in [4.69, 9.17) is 10.4 Å². The van der Waals surface area contributed by atoms with Crippen LogP contribution in [-0.4, -0.2) is 23.7 Å². The number of carboxylic acids is 1. The molecule has 0 aromatic rings. The van der Waals surface area contributed by atoms with Crippen molar-refractivity contribution in [3.05, 3.63) is 0 Å². The number of aliphatic carboxylic acids is 1. The quantitative estimate of drug-likeness (QED) is 0.563. The molecule has 0 fully saturated rings. The van der Waals surface area contributed by atoms with Crippen LogP contribution in [-0.2, 0) is 4.79 Å². The lowest BCUT2D eigenvalue weighted by atomic mass is 10.3. The van der Waals surface area contributed by atoms with Gasteiger partial charge in [-0.25, -0.2) is 0 Å². The zero-order valence-electron chi connectivity index (χ0n) is 6.50. The fraction of sp³-hybridized carbons (Fsp3) is 0.714. The molecule has 0 saturated heterocycles. The van der Waals surface area contributed by atoms with Crippen molar-refractivity contribution in [2.24, 2.45) is 0 Å². The maximum Gasteiger partial charge on any atom is 0.320 e. The molecule has 0 bridgehead atoms. The first-order valence-corrected chi connectivity index (χ1v) is 3.51. The summed E-state index contributed by atoms with van der Waals surface area (Å²) in [5.41, 5.74) is 0. The van der Waals surface area contributed by atoms with Gasteiger partial charge in [0.1, 0.15) is 6.04 Å². The van der Waals surface area contributed by atoms with Gasteiger partial charge in [0, 0.05) is 6.42 Å². The number of nitriles is 1. The van der Waals surface area contributed by atoms with E-state index in [1.165, 1.54) is 0 Å². The van der Waals surface area contributed by atoms with Gasteiger partial charge in [-0.1, -0.05) is 0 Å². The Morgan fingerprint density at radius 1 is 1.82 bits per heavy atom. The highest BCUT2D eigenvalue weighted by Gasteiger charge is 2.07. The summed E-state index contributed by atoms with van der Waals surface area (Å²) in [6.07, 6.45) is 1.17. The van der Waals surface area contributed by atoms with Crippen molar-refractivity contribution in [2.75, 3.05) is 6.54 Å². The van der Waals surface area contributed by atoms with Crippen LogP contribution in [0.15, 0.2) is 0 Å². The number of nitrogens with zero attached hydrogens (tertiary/aromatic N) is 1. The minimum Gasteiger partial charge on any atom is -0.480 e. The van der Waals surface area contributed by atoms with Gasteiger partial charge in [0.2, 0.25) is 0 Å². The maximum atomic E-state index is 10.2. The van der Waals surface area contributed by atoms with Crippen LogP contribution in [0, 0.1) is 11.3 Å². The topological polar surface area (TPSA) is 73.1 Å². The summed E-state index contributed by atoms with van der Waals surface area (Å²) < 4.78 is 0. The summed E-state index contributed by atoms with van der Waals surface area (Å²) in [6, 6.07) is 1.46. The first-order valence-electron chi connectivity index (χ1n) is 3.51. The third-order valence-corrected chi connectivity index (χ3v) is 1.29. The molecular formula is C7H12N2O2. The minimum absolute atomic E-state index is 0.472. The van der Waals surface area contributed by atoms with E-state index in [1.807, 2.05) is 6.07 Å². The maximum absolute atomic E-state index is 10.2. The molecule has 0 radical (unpaired) electrons. The van der Waals surface area contributed by atoms with Crippen LogP contribution in [0.1, 0.15) is 19.8 Å². The lowest BCUT2D eigenvalue weighted by Gasteiger charge is -2.06. The van der Waals surface area contributed by atoms with E-state index in [2.05, 4.69) is 5.32 Å². The van der Waals surface area contributed by atoms with Gasteiger partial charge in [-0.05, 0) is 19.9 Å². The van der Waals surface area contributed by atoms with Gasteiger partial charge in [0.25, 0.3) is 0 Å². The molecule has 4 nitrogen and oxygen atoms in total. The van der Waals surface area contributed by atoms with Gasteiger partial charge >= 0.3 is 5.97 Å². The third kappa shape index (κ3) is 5.37. The van der Waals surface area contributed by atoms with Crippen LogP contribution < -0.4 is 5.32 Å². The van der Waals surface area contributed by atoms with E-state index in [-0.39, 0.29) is 0 Å². The molecule has 0 rings (SSSR count). The number of rotatable bonds is 5. The highest BCUT2D eigenvalue weighted by atomic mass is 16.4. The molecule has 62 valence electrons. The summed E-state index contributed by atoms with van der Waals surface area (Å²) >= 11 is 0. The molecule has 0 heterocycles. The van der Waals surface area contributed by atoms with Crippen LogP contribution in [0.25, 0.3) is 0 Å². The first kappa shape index (κ1) is 9.92. The number of nitrogens with one attached hydrogen (secondary N) is 1. The first-order chi connectivity index (χ1) is 5.18. The minimum atomic E-state index is -0.859. The Labute approximate surface area is 65.8 Å². The molecule has 11 heavy (non-hydrogen) atoms. The van der Waals surface area contributed by atoms with Crippen molar-refractivity contribution in [3.63, 3.8) is 0 Å². The van der Waals surface area contributed by atoms with Gasteiger partial charge in [-0.2, -0.15) is 5.26 Å². The standard InChI is InChI=1S/C7H12N2O2/c1-6(7(10)11)9-5-3-2-4-8/h6,9H,2-3,5H2,1H3,(H,10,11)/t6-/m0/s1. The second kappa shape index (κ2) is 5.69. The fourth-order valence-corrected chi connectivity index (χ4v) is 0.573. The van der Waals surface area contributed by atoms with Crippen molar-refractivity contribution < 1.29 is 9.90 Å². The molecular weight excluding hydrogens is 144 g/mol. The van der Waals surface area contributed by atoms with E-state index >= 15 is 0 Å². The second-order valence-electron chi connectivity index (χ2n) is 2.28. The monoisotopic (exact) mass is 156 g/mol. The predicted octanol–water partition coefficient (Wildman–Crippen LogP) is 0.353. The van der Waals surface area contributed by atoms with E-state index in [0.717, 1.165) is 0 Å². The molecule has 0 amide bonds. The molecule has 0 aromatic carbocycles. The summed E-state index contributed by atoms with van der Waals surface area (Å²) in [6.45, 7) is 2.16. The molecule has 2 N–H and O–H groups in total. The number of carbonyl (C=O) groups is 1. The molecule has 0 aliphatic rings. The van der Waals surface area contributed by atoms with Gasteiger partial charge in [-0.3, -0.25) is 4.79 Å². The van der Waals surface area contributed by atoms with E-state index in [1.54, 1.807) is 6.92 Å². The lowest BCUT2D eigenvalue weighted by molar-refractivity contribution is -0.138. The van der Waals surface area contributed by atoms with Crippen LogP contribution in [0.5, 0.6) is 0 Å². The molecule has 4 heteroatoms. The summed E-state index contributed by atoms with van der Waals surface area (Å²) in [5, 5.41) is 19.3. The number of hydrogen-bond donors (Lipinski definition) is 2. The van der Waals surface area contributed by atoms with E-state index in [9.17, 15) is 4.79 Å². The van der Waals surface area contributed by atoms with Gasteiger partial charge in [0.15, 0.2) is 0 Å². The van der Waals surface area contributed by atoms with Crippen molar-refractivity contribution in [1.29, 1.82) is 5.26 Å². The Kier molecular flexibility index (Phi) is 5.13. The second-order valence-corrected chi connectivity index (χ2v) is 2.28. The Hall–Kier alpha value is -1.08. The Morgan fingerprint density at radius 3 is 2.91 bits per heavy atom. The number of carboxylic acid groups (broad SMARTS) is 1. The zero-order valence-corrected chi connectivity index (χ0v) is 6.50. The van der Waals surface area contributed by atoms with Gasteiger partial charge < -0.3 is 10.4 Å². The van der Waals surface area contributed by atoms with Crippen molar-refractivity contribution in [2.45, 2.75) is 25.8 Å². The Morgan fingerprint density at radius 2 is 2.45 bits per heavy atom. The fourth-order valence-electron chi connectivity index (χ4n) is 0.573. The predicted molar refractivity (Wildman–Crippen MR) is 39.9 cm³/mol. The van der Waals surface area contributed by atoms with Crippen molar-refractivity contribution in [1.82, 2.24) is 5.32 Å². The number of hydrogen-bond acceptors (Lipinski definition) is 3. The summed E-state index contributed by atoms with van der Waals surface area (Å²) in [5.74, 6) is -0.859. The highest BCUT2D eigenvalue weighted by Crippen LogP contribution is 1.86. The molecule has 0 unspecified atom stereocenters. The van der Waals surface area contributed by atoms with Gasteiger partial charge in [0.05, 0.1) is 6.07 Å². The third-order valence-electron chi connectivity index (χ3n) is 1.29. The number of unbranched alkanes of at least 4 members (excludes halogenated alkanes) is 1. The highest BCUT2D eigenvalue weighted by molar-refractivity contribution is 5.72. The average Bonchev–Trinajstić information content (AvgIpc) is 1.97. The van der Waals surface area contributed by atoms with E-state index < -0.39 is 12.0 Å². The van der Waals surface area contributed by atoms with Gasteiger partial charge in [-0.15, -0.1) is 0 Å². The lowest BCUT2D eigenvalue weighted by Crippen LogP contribution is -2.34. The summed E-state index contributed by atoms with van der Waals surface area (Å²) in [4.78, 5) is 10.2. The molecule has 0 aliphatic heterocycles. The van der Waals surface area contributed by atoms with Crippen LogP contribution in [0.3, 0.4) is 0 Å². The van der Waals surface area contributed by atoms with Crippen molar-refractivity contribution >= 4 is 5.97 Å². The van der Waals surface area contributed by atoms with Crippen LogP contribution in [0.4, 0.5) is 0 Å². The Bertz CT molecular complexity index is 162. The molecule has 1 atom stereocenters. The summed E-state index contributed by atoms with van der Waals surface area (Å²) in [7, 11) is 0. The molecule has 0 aromatic heterocycles. The van der Waals surface area contributed by atoms with E-state index in [0.29, 0.717) is 19.4 Å².